The average molecular weight is 297 g/mol. The third kappa shape index (κ3) is 3.04. The highest BCUT2D eigenvalue weighted by Gasteiger charge is 2.34. The summed E-state index contributed by atoms with van der Waals surface area (Å²) < 4.78 is 51.2. The molecule has 0 aliphatic carbocycles. The predicted octanol–water partition coefficient (Wildman–Crippen LogP) is 3.97. The Hall–Kier alpha value is -2.37. The number of aryl methyl sites for hydroxylation is 1. The lowest BCUT2D eigenvalue weighted by molar-refractivity contribution is -0.140. The van der Waals surface area contributed by atoms with E-state index in [2.05, 4.69) is 0 Å². The van der Waals surface area contributed by atoms with Crippen molar-refractivity contribution in [2.75, 3.05) is 5.73 Å². The van der Waals surface area contributed by atoms with Crippen molar-refractivity contribution in [3.63, 3.8) is 0 Å². The largest absolute Gasteiger partial charge is 0.419 e. The van der Waals surface area contributed by atoms with Crippen molar-refractivity contribution in [2.45, 2.75) is 13.1 Å². The van der Waals surface area contributed by atoms with Gasteiger partial charge in [-0.1, -0.05) is 0 Å². The molecular weight excluding hydrogens is 286 g/mol. The maximum Gasteiger partial charge on any atom is 0.419 e. The fourth-order valence-corrected chi connectivity index (χ4v) is 1.98. The average Bonchev–Trinajstić information content (AvgIpc) is 2.37. The minimum atomic E-state index is -4.85. The van der Waals surface area contributed by atoms with E-state index in [1.165, 1.54) is 12.1 Å². The number of halogens is 4. The van der Waals surface area contributed by atoms with Crippen molar-refractivity contribution < 1.29 is 22.4 Å². The Balaban J connectivity index is 2.49. The summed E-state index contributed by atoms with van der Waals surface area (Å²) in [5.41, 5.74) is 5.08. The van der Waals surface area contributed by atoms with E-state index >= 15 is 0 Å². The van der Waals surface area contributed by atoms with E-state index in [-0.39, 0.29) is 11.1 Å². The first-order chi connectivity index (χ1) is 9.70. The number of hydrogen-bond acceptors (Lipinski definition) is 2. The molecule has 2 nitrogen and oxygen atoms in total. The van der Waals surface area contributed by atoms with E-state index in [4.69, 9.17) is 5.73 Å². The molecular formula is C15H11F4NO. The maximum atomic E-state index is 13.2. The number of anilines is 1. The zero-order valence-electron chi connectivity index (χ0n) is 11.0. The van der Waals surface area contributed by atoms with Crippen LogP contribution in [0.3, 0.4) is 0 Å². The lowest BCUT2D eigenvalue weighted by Gasteiger charge is -2.11. The van der Waals surface area contributed by atoms with Gasteiger partial charge >= 0.3 is 6.18 Å². The van der Waals surface area contributed by atoms with Crippen molar-refractivity contribution in [1.29, 1.82) is 0 Å². The van der Waals surface area contributed by atoms with E-state index in [0.717, 1.165) is 6.07 Å². The van der Waals surface area contributed by atoms with Crippen LogP contribution in [0, 0.1) is 12.7 Å². The van der Waals surface area contributed by atoms with Gasteiger partial charge in [0.2, 0.25) is 0 Å². The summed E-state index contributed by atoms with van der Waals surface area (Å²) >= 11 is 0. The first-order valence-corrected chi connectivity index (χ1v) is 5.97. The van der Waals surface area contributed by atoms with Crippen molar-refractivity contribution >= 4 is 11.5 Å². The lowest BCUT2D eigenvalue weighted by Crippen LogP contribution is -2.11. The maximum absolute atomic E-state index is 13.2. The van der Waals surface area contributed by atoms with Gasteiger partial charge in [-0.2, -0.15) is 13.2 Å². The van der Waals surface area contributed by atoms with Crippen LogP contribution in [0.5, 0.6) is 0 Å². The van der Waals surface area contributed by atoms with Crippen LogP contribution >= 0.6 is 0 Å². The fourth-order valence-electron chi connectivity index (χ4n) is 1.98. The normalized spacial score (nSPS) is 11.5. The molecule has 0 radical (unpaired) electrons. The van der Waals surface area contributed by atoms with E-state index in [9.17, 15) is 22.4 Å². The third-order valence-electron chi connectivity index (χ3n) is 3.03. The number of nitrogen functional groups attached to an aromatic ring is 1. The van der Waals surface area contributed by atoms with Gasteiger partial charge in [0, 0.05) is 16.8 Å². The Bertz CT molecular complexity index is 707. The molecule has 110 valence electrons. The molecule has 0 heterocycles. The van der Waals surface area contributed by atoms with Crippen LogP contribution < -0.4 is 5.73 Å². The third-order valence-corrected chi connectivity index (χ3v) is 3.03. The Morgan fingerprint density at radius 2 is 1.76 bits per heavy atom. The molecule has 6 heteroatoms. The first kappa shape index (κ1) is 15.0. The van der Waals surface area contributed by atoms with Crippen LogP contribution in [0.1, 0.15) is 27.0 Å². The molecule has 0 amide bonds. The standard InChI is InChI=1S/C15H11F4NO/c1-8-6-10(20)3-4-11(8)14(21)9-2-5-13(16)12(7-9)15(17,18)19/h2-7H,20H2,1H3. The molecule has 2 rings (SSSR count). The Kier molecular flexibility index (Phi) is 3.72. The summed E-state index contributed by atoms with van der Waals surface area (Å²) in [6.07, 6.45) is -4.85. The quantitative estimate of drug-likeness (QED) is 0.518. The molecule has 0 fully saturated rings. The van der Waals surface area contributed by atoms with Crippen LogP contribution in [0.4, 0.5) is 23.2 Å². The molecule has 2 aromatic carbocycles. The number of benzene rings is 2. The van der Waals surface area contributed by atoms with Gasteiger partial charge in [0.1, 0.15) is 5.82 Å². The van der Waals surface area contributed by atoms with Gasteiger partial charge in [-0.3, -0.25) is 4.79 Å². The second-order valence-electron chi connectivity index (χ2n) is 4.60. The molecule has 0 spiro atoms. The summed E-state index contributed by atoms with van der Waals surface area (Å²) in [6, 6.07) is 6.65. The summed E-state index contributed by atoms with van der Waals surface area (Å²) in [5, 5.41) is 0. The van der Waals surface area contributed by atoms with Gasteiger partial charge in [0.05, 0.1) is 5.56 Å². The summed E-state index contributed by atoms with van der Waals surface area (Å²) in [5.74, 6) is -2.02. The molecule has 0 atom stereocenters. The zero-order chi connectivity index (χ0) is 15.8. The highest BCUT2D eigenvalue weighted by molar-refractivity contribution is 6.10. The molecule has 2 N–H and O–H groups in total. The van der Waals surface area contributed by atoms with Gasteiger partial charge in [-0.15, -0.1) is 0 Å². The van der Waals surface area contributed by atoms with E-state index in [0.29, 0.717) is 23.4 Å². The Morgan fingerprint density at radius 3 is 2.33 bits per heavy atom. The highest BCUT2D eigenvalue weighted by Crippen LogP contribution is 2.32. The molecule has 0 aliphatic heterocycles. The van der Waals surface area contributed by atoms with Crippen molar-refractivity contribution in [3.8, 4) is 0 Å². The van der Waals surface area contributed by atoms with Crippen molar-refractivity contribution in [2.24, 2.45) is 0 Å². The summed E-state index contributed by atoms with van der Waals surface area (Å²) in [6.45, 7) is 1.62. The number of carbonyl (C=O) groups is 1. The number of rotatable bonds is 2. The predicted molar refractivity (Wildman–Crippen MR) is 70.4 cm³/mol. The number of alkyl halides is 3. The molecule has 0 saturated carbocycles. The number of carbonyl (C=O) groups excluding carboxylic acids is 1. The minimum absolute atomic E-state index is 0.225. The second-order valence-corrected chi connectivity index (χ2v) is 4.60. The second kappa shape index (κ2) is 5.20. The monoisotopic (exact) mass is 297 g/mol. The molecule has 0 bridgehead atoms. The molecule has 0 saturated heterocycles. The minimum Gasteiger partial charge on any atom is -0.399 e. The molecule has 0 unspecified atom stereocenters. The van der Waals surface area contributed by atoms with Gasteiger partial charge in [-0.05, 0) is 48.9 Å². The molecule has 0 aromatic heterocycles. The Morgan fingerprint density at radius 1 is 1.10 bits per heavy atom. The van der Waals surface area contributed by atoms with Crippen LogP contribution in [0.25, 0.3) is 0 Å². The summed E-state index contributed by atoms with van der Waals surface area (Å²) in [7, 11) is 0. The van der Waals surface area contributed by atoms with Crippen LogP contribution in [-0.2, 0) is 6.18 Å². The smallest absolute Gasteiger partial charge is 0.399 e. The molecule has 0 aliphatic rings. The van der Waals surface area contributed by atoms with Crippen LogP contribution in [-0.4, -0.2) is 5.78 Å². The van der Waals surface area contributed by atoms with Crippen molar-refractivity contribution in [1.82, 2.24) is 0 Å². The molecule has 21 heavy (non-hydrogen) atoms. The number of nitrogens with two attached hydrogens (primary N) is 1. The highest BCUT2D eigenvalue weighted by atomic mass is 19.4. The first-order valence-electron chi connectivity index (χ1n) is 5.97. The van der Waals surface area contributed by atoms with Crippen LogP contribution in [0.15, 0.2) is 36.4 Å². The number of hydrogen-bond donors (Lipinski definition) is 1. The number of ketones is 1. The summed E-state index contributed by atoms with van der Waals surface area (Å²) in [4.78, 5) is 12.2. The van der Waals surface area contributed by atoms with E-state index < -0.39 is 23.3 Å². The fraction of sp³-hybridized carbons (Fsp3) is 0.133. The molecule has 2 aromatic rings. The topological polar surface area (TPSA) is 43.1 Å². The lowest BCUT2D eigenvalue weighted by atomic mass is 9.97. The zero-order valence-corrected chi connectivity index (χ0v) is 11.0. The van der Waals surface area contributed by atoms with E-state index in [1.54, 1.807) is 13.0 Å². The van der Waals surface area contributed by atoms with Crippen LogP contribution in [0.2, 0.25) is 0 Å². The van der Waals surface area contributed by atoms with Gasteiger partial charge < -0.3 is 5.73 Å². The van der Waals surface area contributed by atoms with Crippen molar-refractivity contribution in [3.05, 3.63) is 64.5 Å². The van der Waals surface area contributed by atoms with Gasteiger partial charge in [0.15, 0.2) is 5.78 Å². The SMILES string of the molecule is Cc1cc(N)ccc1C(=O)c1ccc(F)c(C(F)(F)F)c1. The Labute approximate surface area is 118 Å². The van der Waals surface area contributed by atoms with Gasteiger partial charge in [-0.25, -0.2) is 4.39 Å². The van der Waals surface area contributed by atoms with E-state index in [1.807, 2.05) is 0 Å². The van der Waals surface area contributed by atoms with Gasteiger partial charge in [0.25, 0.3) is 0 Å².